The predicted molar refractivity (Wildman–Crippen MR) is 89.1 cm³/mol. The van der Waals surface area contributed by atoms with Gasteiger partial charge in [-0.3, -0.25) is 14.6 Å². The third-order valence-corrected chi connectivity index (χ3v) is 4.55. The zero-order chi connectivity index (χ0) is 16.7. The second-order valence-electron chi connectivity index (χ2n) is 6.38. The van der Waals surface area contributed by atoms with Crippen LogP contribution in [0, 0.1) is 0 Å². The molecular weight excluding hydrogens is 310 g/mol. The molecule has 0 bridgehead atoms. The highest BCUT2D eigenvalue weighted by atomic mass is 19.3. The number of hydrogen-bond donors (Lipinski definition) is 0. The lowest BCUT2D eigenvalue weighted by Crippen LogP contribution is -2.47. The zero-order valence-corrected chi connectivity index (χ0v) is 13.4. The topological polar surface area (TPSA) is 34.0 Å². The molecule has 0 N–H and O–H groups in total. The minimum Gasteiger partial charge on any atom is -0.296 e. The van der Waals surface area contributed by atoms with Gasteiger partial charge in [-0.15, -0.1) is 0 Å². The fourth-order valence-corrected chi connectivity index (χ4v) is 3.23. The summed E-state index contributed by atoms with van der Waals surface area (Å²) in [7, 11) is 1.90. The van der Waals surface area contributed by atoms with E-state index < -0.39 is 6.43 Å². The number of likely N-dealkylation sites (tertiary alicyclic amines) is 1. The van der Waals surface area contributed by atoms with Crippen LogP contribution in [0.1, 0.15) is 11.6 Å². The highest BCUT2D eigenvalue weighted by molar-refractivity contribution is 5.87. The van der Waals surface area contributed by atoms with Crippen molar-refractivity contribution < 1.29 is 8.78 Å². The highest BCUT2D eigenvalue weighted by Gasteiger charge is 2.30. The van der Waals surface area contributed by atoms with Crippen LogP contribution in [-0.2, 0) is 7.05 Å². The molecule has 2 aromatic heterocycles. The highest BCUT2D eigenvalue weighted by Crippen LogP contribution is 2.30. The second kappa shape index (κ2) is 5.94. The number of benzene rings is 1. The lowest BCUT2D eigenvalue weighted by molar-refractivity contribution is 0.0458. The molecule has 0 amide bonds. The van der Waals surface area contributed by atoms with Crippen LogP contribution in [-0.4, -0.2) is 45.7 Å². The Labute approximate surface area is 138 Å². The van der Waals surface area contributed by atoms with Crippen LogP contribution in [0.4, 0.5) is 8.78 Å². The van der Waals surface area contributed by atoms with E-state index in [0.29, 0.717) is 13.1 Å². The Kier molecular flexibility index (Phi) is 3.76. The van der Waals surface area contributed by atoms with E-state index in [1.54, 1.807) is 9.58 Å². The molecule has 24 heavy (non-hydrogen) atoms. The minimum atomic E-state index is -2.27. The van der Waals surface area contributed by atoms with Gasteiger partial charge in [-0.25, -0.2) is 8.78 Å². The number of rotatable bonds is 4. The molecule has 1 fully saturated rings. The summed E-state index contributed by atoms with van der Waals surface area (Å²) in [5.41, 5.74) is 3.17. The van der Waals surface area contributed by atoms with Gasteiger partial charge in [0.05, 0.1) is 12.7 Å². The fourth-order valence-electron chi connectivity index (χ4n) is 3.23. The van der Waals surface area contributed by atoms with Gasteiger partial charge in [0, 0.05) is 55.1 Å². The Morgan fingerprint density at radius 2 is 1.96 bits per heavy atom. The van der Waals surface area contributed by atoms with Gasteiger partial charge < -0.3 is 0 Å². The zero-order valence-electron chi connectivity index (χ0n) is 13.4. The number of alkyl halides is 2. The molecule has 6 heteroatoms. The molecule has 1 aliphatic rings. The summed E-state index contributed by atoms with van der Waals surface area (Å²) in [5.74, 6) is 0.246. The van der Waals surface area contributed by atoms with Crippen LogP contribution >= 0.6 is 0 Å². The fraction of sp³-hybridized carbons (Fsp3) is 0.333. The Bertz CT molecular complexity index is 868. The van der Waals surface area contributed by atoms with Gasteiger partial charge in [0.15, 0.2) is 0 Å². The van der Waals surface area contributed by atoms with E-state index >= 15 is 0 Å². The standard InChI is InChI=1S/C18H18F2N4/c1-23-8-15(7-22-23)12-2-3-13-6-21-17(5-14(13)4-12)16-9-24(10-16)11-18(19)20/h2-8,16,18H,9-11H2,1H3. The van der Waals surface area contributed by atoms with E-state index in [1.165, 1.54) is 0 Å². The van der Waals surface area contributed by atoms with Crippen molar-refractivity contribution in [2.24, 2.45) is 7.05 Å². The summed E-state index contributed by atoms with van der Waals surface area (Å²) in [6.45, 7) is 1.17. The maximum absolute atomic E-state index is 12.4. The third-order valence-electron chi connectivity index (χ3n) is 4.55. The van der Waals surface area contributed by atoms with Crippen LogP contribution in [0.3, 0.4) is 0 Å². The number of halogens is 2. The molecule has 0 radical (unpaired) electrons. The first-order valence-electron chi connectivity index (χ1n) is 7.98. The van der Waals surface area contributed by atoms with E-state index in [0.717, 1.165) is 27.6 Å². The third kappa shape index (κ3) is 2.89. The summed E-state index contributed by atoms with van der Waals surface area (Å²) in [6, 6.07) is 8.33. The van der Waals surface area contributed by atoms with Crippen molar-refractivity contribution in [2.45, 2.75) is 12.3 Å². The van der Waals surface area contributed by atoms with Gasteiger partial charge in [0.25, 0.3) is 6.43 Å². The van der Waals surface area contributed by atoms with E-state index in [1.807, 2.05) is 25.6 Å². The Morgan fingerprint density at radius 3 is 2.67 bits per heavy atom. The number of hydrogen-bond acceptors (Lipinski definition) is 3. The monoisotopic (exact) mass is 328 g/mol. The maximum Gasteiger partial charge on any atom is 0.251 e. The molecule has 3 aromatic rings. The smallest absolute Gasteiger partial charge is 0.251 e. The number of pyridine rings is 1. The number of nitrogens with zero attached hydrogens (tertiary/aromatic N) is 4. The van der Waals surface area contributed by atoms with E-state index in [9.17, 15) is 8.78 Å². The molecule has 0 spiro atoms. The summed E-state index contributed by atoms with van der Waals surface area (Å²) >= 11 is 0. The largest absolute Gasteiger partial charge is 0.296 e. The average Bonchev–Trinajstić information content (AvgIpc) is 2.96. The van der Waals surface area contributed by atoms with Crippen LogP contribution in [0.2, 0.25) is 0 Å². The molecule has 0 atom stereocenters. The van der Waals surface area contributed by atoms with Crippen molar-refractivity contribution in [1.29, 1.82) is 0 Å². The maximum atomic E-state index is 12.4. The van der Waals surface area contributed by atoms with Crippen molar-refractivity contribution in [1.82, 2.24) is 19.7 Å². The van der Waals surface area contributed by atoms with E-state index in [4.69, 9.17) is 0 Å². The van der Waals surface area contributed by atoms with Crippen molar-refractivity contribution in [2.75, 3.05) is 19.6 Å². The molecule has 0 aliphatic carbocycles. The molecule has 1 aromatic carbocycles. The Morgan fingerprint density at radius 1 is 1.12 bits per heavy atom. The Hall–Kier alpha value is -2.34. The van der Waals surface area contributed by atoms with Crippen LogP contribution < -0.4 is 0 Å². The second-order valence-corrected chi connectivity index (χ2v) is 6.38. The van der Waals surface area contributed by atoms with Crippen LogP contribution in [0.25, 0.3) is 21.9 Å². The van der Waals surface area contributed by atoms with Gasteiger partial charge >= 0.3 is 0 Å². The molecule has 0 unspecified atom stereocenters. The van der Waals surface area contributed by atoms with Gasteiger partial charge in [0.2, 0.25) is 0 Å². The minimum absolute atomic E-state index is 0.144. The van der Waals surface area contributed by atoms with Crippen LogP contribution in [0.15, 0.2) is 42.9 Å². The SMILES string of the molecule is Cn1cc(-c2ccc3cnc(C4CN(CC(F)F)C4)cc3c2)cn1. The molecule has 3 heterocycles. The number of aromatic nitrogens is 3. The van der Waals surface area contributed by atoms with Gasteiger partial charge in [-0.05, 0) is 23.1 Å². The average molecular weight is 328 g/mol. The predicted octanol–water partition coefficient (Wildman–Crippen LogP) is 3.30. The van der Waals surface area contributed by atoms with Gasteiger partial charge in [0.1, 0.15) is 0 Å². The molecule has 4 nitrogen and oxygen atoms in total. The van der Waals surface area contributed by atoms with E-state index in [2.05, 4.69) is 34.3 Å². The lowest BCUT2D eigenvalue weighted by atomic mass is 9.94. The van der Waals surface area contributed by atoms with Crippen molar-refractivity contribution >= 4 is 10.8 Å². The van der Waals surface area contributed by atoms with Gasteiger partial charge in [-0.1, -0.05) is 12.1 Å². The summed E-state index contributed by atoms with van der Waals surface area (Å²) in [5, 5.41) is 6.41. The quantitative estimate of drug-likeness (QED) is 0.737. The molecule has 1 saturated heterocycles. The first-order valence-corrected chi connectivity index (χ1v) is 7.98. The van der Waals surface area contributed by atoms with E-state index in [-0.39, 0.29) is 12.5 Å². The van der Waals surface area contributed by atoms with Gasteiger partial charge in [-0.2, -0.15) is 5.10 Å². The first-order chi connectivity index (χ1) is 11.6. The molecular formula is C18H18F2N4. The Balaban J connectivity index is 1.58. The molecule has 0 saturated carbocycles. The van der Waals surface area contributed by atoms with Crippen LogP contribution in [0.5, 0.6) is 0 Å². The lowest BCUT2D eigenvalue weighted by Gasteiger charge is -2.38. The van der Waals surface area contributed by atoms with Crippen molar-refractivity contribution in [3.63, 3.8) is 0 Å². The molecule has 124 valence electrons. The normalized spacial score (nSPS) is 16.0. The first kappa shape index (κ1) is 15.2. The summed E-state index contributed by atoms with van der Waals surface area (Å²) < 4.78 is 26.6. The van der Waals surface area contributed by atoms with Crippen molar-refractivity contribution in [3.8, 4) is 11.1 Å². The van der Waals surface area contributed by atoms with Crippen molar-refractivity contribution in [3.05, 3.63) is 48.5 Å². The summed E-state index contributed by atoms with van der Waals surface area (Å²) in [6.07, 6.45) is 3.43. The molecule has 4 rings (SSSR count). The molecule has 1 aliphatic heterocycles. The number of fused-ring (bicyclic) bond motifs is 1. The number of aryl methyl sites for hydroxylation is 1. The summed E-state index contributed by atoms with van der Waals surface area (Å²) in [4.78, 5) is 6.29.